The van der Waals surface area contributed by atoms with Gasteiger partial charge >= 0.3 is 5.97 Å². The second-order valence-corrected chi connectivity index (χ2v) is 21.0. The van der Waals surface area contributed by atoms with Crippen molar-refractivity contribution in [2.75, 3.05) is 30.3 Å². The predicted molar refractivity (Wildman–Crippen MR) is 271 cm³/mol. The van der Waals surface area contributed by atoms with Gasteiger partial charge in [-0.3, -0.25) is 34.6 Å². The summed E-state index contributed by atoms with van der Waals surface area (Å²) in [6.07, 6.45) is 3.10. The highest BCUT2D eigenvalue weighted by Gasteiger charge is 2.24. The quantitative estimate of drug-likeness (QED) is 0.0613. The molecule has 6 aromatic rings. The second-order valence-electron chi connectivity index (χ2n) is 19.3. The van der Waals surface area contributed by atoms with Gasteiger partial charge in [-0.15, -0.1) is 22.7 Å². The number of carbonyl (C=O) groups excluding carboxylic acids is 5. The molecular formula is C52H57F2N7O7S2. The van der Waals surface area contributed by atoms with E-state index in [1.807, 2.05) is 55.4 Å². The molecule has 0 bridgehead atoms. The van der Waals surface area contributed by atoms with Crippen LogP contribution in [0.1, 0.15) is 129 Å². The highest BCUT2D eigenvalue weighted by molar-refractivity contribution is 7.14. The molecule has 0 saturated heterocycles. The Balaban J connectivity index is 0.000000262. The van der Waals surface area contributed by atoms with Crippen molar-refractivity contribution in [1.82, 2.24) is 25.9 Å². The van der Waals surface area contributed by atoms with Crippen molar-refractivity contribution < 1.29 is 42.7 Å². The molecule has 14 nitrogen and oxygen atoms in total. The first-order valence-electron chi connectivity index (χ1n) is 22.2. The molecular weight excluding hydrogens is 937 g/mol. The van der Waals surface area contributed by atoms with Crippen molar-refractivity contribution in [2.45, 2.75) is 69.2 Å². The fourth-order valence-electron chi connectivity index (χ4n) is 6.58. The first-order valence-corrected chi connectivity index (χ1v) is 24.0. The van der Waals surface area contributed by atoms with Crippen LogP contribution in [0.15, 0.2) is 83.8 Å². The molecule has 0 radical (unpaired) electrons. The van der Waals surface area contributed by atoms with Gasteiger partial charge in [0.05, 0.1) is 5.56 Å². The number of carbonyl (C=O) groups is 6. The van der Waals surface area contributed by atoms with E-state index in [0.717, 1.165) is 6.07 Å². The van der Waals surface area contributed by atoms with Crippen molar-refractivity contribution in [3.05, 3.63) is 140 Å². The Morgan fingerprint density at radius 3 is 1.33 bits per heavy atom. The van der Waals surface area contributed by atoms with Crippen molar-refractivity contribution in [1.29, 1.82) is 0 Å². The molecule has 4 aromatic carbocycles. The number of nitrogens with one attached hydrogen (secondary N) is 5. The summed E-state index contributed by atoms with van der Waals surface area (Å²) in [7, 11) is 0. The summed E-state index contributed by atoms with van der Waals surface area (Å²) in [6.45, 7) is 20.3. The molecule has 6 rings (SSSR count). The van der Waals surface area contributed by atoms with Gasteiger partial charge in [-0.25, -0.2) is 23.5 Å². The summed E-state index contributed by atoms with van der Waals surface area (Å²) in [5, 5.41) is 27.5. The lowest BCUT2D eigenvalue weighted by molar-refractivity contribution is 0.0695. The zero-order chi connectivity index (χ0) is 51.7. The van der Waals surface area contributed by atoms with Crippen LogP contribution in [-0.2, 0) is 0 Å². The third-order valence-corrected chi connectivity index (χ3v) is 11.7. The SMILES string of the molecule is Cc1c(F)cc(C(=O)NCC(C)C)cc1-c1ccc(C(=O)NCC(C)(C)C)cc1C(=O)Nc1nccs1.Cc1c(F)cc(C(=O)O)cc1-c1ccc(C(=O)NCC(C)(C)C)cc1C(=O)Nc1nccs1. The van der Waals surface area contributed by atoms with Gasteiger partial charge < -0.3 is 21.1 Å². The van der Waals surface area contributed by atoms with Gasteiger partial charge in [-0.05, 0) is 113 Å². The maximum Gasteiger partial charge on any atom is 0.335 e. The number of thiazole rings is 2. The van der Waals surface area contributed by atoms with Gasteiger partial charge in [0.2, 0.25) is 0 Å². The van der Waals surface area contributed by atoms with Crippen LogP contribution in [0, 0.1) is 42.2 Å². The molecule has 5 amide bonds. The van der Waals surface area contributed by atoms with E-state index in [1.54, 1.807) is 42.1 Å². The van der Waals surface area contributed by atoms with E-state index in [-0.39, 0.29) is 73.1 Å². The molecule has 0 unspecified atom stereocenters. The van der Waals surface area contributed by atoms with E-state index in [0.29, 0.717) is 52.2 Å². The summed E-state index contributed by atoms with van der Waals surface area (Å²) in [6, 6.07) is 14.2. The molecule has 368 valence electrons. The molecule has 0 atom stereocenters. The summed E-state index contributed by atoms with van der Waals surface area (Å²) in [5.41, 5.74) is 2.27. The van der Waals surface area contributed by atoms with Gasteiger partial charge in [0, 0.05) is 70.6 Å². The maximum atomic E-state index is 15.0. The number of hydrogen-bond acceptors (Lipinski definition) is 10. The number of carboxylic acids is 1. The number of aromatic nitrogens is 2. The van der Waals surface area contributed by atoms with E-state index >= 15 is 0 Å². The van der Waals surface area contributed by atoms with E-state index in [1.165, 1.54) is 72.2 Å². The Hall–Kier alpha value is -7.18. The molecule has 0 aliphatic rings. The van der Waals surface area contributed by atoms with Gasteiger partial charge in [0.15, 0.2) is 10.3 Å². The number of benzene rings is 4. The lowest BCUT2D eigenvalue weighted by Gasteiger charge is -2.19. The van der Waals surface area contributed by atoms with Crippen LogP contribution in [0.3, 0.4) is 0 Å². The van der Waals surface area contributed by atoms with Crippen LogP contribution < -0.4 is 26.6 Å². The summed E-state index contributed by atoms with van der Waals surface area (Å²) in [5.74, 6) is -4.46. The second kappa shape index (κ2) is 23.0. The average Bonchev–Trinajstić information content (AvgIpc) is 4.02. The van der Waals surface area contributed by atoms with Crippen LogP contribution >= 0.6 is 22.7 Å². The number of carboxylic acid groups (broad SMARTS) is 1. The first-order chi connectivity index (χ1) is 32.8. The Kier molecular flexibility index (Phi) is 17.6. The van der Waals surface area contributed by atoms with Crippen molar-refractivity contribution in [3.63, 3.8) is 0 Å². The Bertz CT molecular complexity index is 2910. The smallest absolute Gasteiger partial charge is 0.335 e. The Morgan fingerprint density at radius 1 is 0.557 bits per heavy atom. The minimum Gasteiger partial charge on any atom is -0.478 e. The lowest BCUT2D eigenvalue weighted by atomic mass is 9.91. The van der Waals surface area contributed by atoms with Crippen LogP contribution in [0.5, 0.6) is 0 Å². The highest BCUT2D eigenvalue weighted by Crippen LogP contribution is 2.33. The summed E-state index contributed by atoms with van der Waals surface area (Å²) < 4.78 is 29.5. The van der Waals surface area contributed by atoms with E-state index in [4.69, 9.17) is 0 Å². The number of hydrogen-bond donors (Lipinski definition) is 6. The summed E-state index contributed by atoms with van der Waals surface area (Å²) in [4.78, 5) is 84.3. The van der Waals surface area contributed by atoms with E-state index < -0.39 is 35.3 Å². The number of rotatable bonds is 14. The fourth-order valence-corrected chi connectivity index (χ4v) is 7.63. The topological polar surface area (TPSA) is 209 Å². The van der Waals surface area contributed by atoms with Gasteiger partial charge in [-0.2, -0.15) is 0 Å². The number of nitrogens with zero attached hydrogens (tertiary/aromatic N) is 2. The van der Waals surface area contributed by atoms with Crippen molar-refractivity contribution in [3.8, 4) is 22.3 Å². The van der Waals surface area contributed by atoms with Gasteiger partial charge in [0.1, 0.15) is 11.6 Å². The molecule has 0 spiro atoms. The Labute approximate surface area is 413 Å². The largest absolute Gasteiger partial charge is 0.478 e. The van der Waals surface area contributed by atoms with Crippen LogP contribution in [0.25, 0.3) is 22.3 Å². The molecule has 18 heteroatoms. The number of amides is 5. The minimum absolute atomic E-state index is 0.0960. The van der Waals surface area contributed by atoms with Crippen molar-refractivity contribution in [2.24, 2.45) is 16.7 Å². The van der Waals surface area contributed by atoms with E-state index in [2.05, 4.69) is 36.6 Å². The van der Waals surface area contributed by atoms with Crippen LogP contribution in [0.4, 0.5) is 19.0 Å². The van der Waals surface area contributed by atoms with Gasteiger partial charge in [0.25, 0.3) is 29.5 Å². The molecule has 0 fully saturated rings. The molecule has 70 heavy (non-hydrogen) atoms. The third-order valence-electron chi connectivity index (χ3n) is 10.4. The minimum atomic E-state index is -1.29. The molecule has 2 heterocycles. The zero-order valence-electron chi connectivity index (χ0n) is 40.6. The molecule has 0 saturated carbocycles. The predicted octanol–water partition coefficient (Wildman–Crippen LogP) is 10.7. The number of aromatic carboxylic acids is 1. The molecule has 2 aromatic heterocycles. The van der Waals surface area contributed by atoms with Crippen LogP contribution in [-0.4, -0.2) is 70.2 Å². The number of halogens is 2. The van der Waals surface area contributed by atoms with Crippen LogP contribution in [0.2, 0.25) is 0 Å². The number of anilines is 2. The zero-order valence-corrected chi connectivity index (χ0v) is 42.3. The molecule has 0 aliphatic heterocycles. The van der Waals surface area contributed by atoms with E-state index in [9.17, 15) is 42.7 Å². The Morgan fingerprint density at radius 2 is 0.957 bits per heavy atom. The van der Waals surface area contributed by atoms with Crippen molar-refractivity contribution >= 4 is 68.4 Å². The maximum absolute atomic E-state index is 15.0. The standard InChI is InChI=1S/C28H33FN4O3S.C24H24FN3O4S/c1-16(2)14-31-25(35)19-12-21(17(3)23(29)13-19)20-8-7-18(24(34)32-15-28(4,5)6)11-22(20)26(36)33-27-30-9-10-37-27;1-13-17(10-15(22(31)32)11-19(13)25)16-6-5-14(20(29)27-12-24(2,3)4)9-18(16)21(30)28-23-26-7-8-33-23/h7-13,16H,14-15H2,1-6H3,(H,31,35)(H,32,34)(H,30,33,36);5-11H,12H2,1-4H3,(H,27,29)(H,31,32)(H,26,28,30). The fraction of sp³-hybridized carbons (Fsp3) is 0.308. The summed E-state index contributed by atoms with van der Waals surface area (Å²) >= 11 is 2.47. The third kappa shape index (κ3) is 14.7. The monoisotopic (exact) mass is 993 g/mol. The first kappa shape index (κ1) is 53.8. The molecule has 6 N–H and O–H groups in total. The normalized spacial score (nSPS) is 11.3. The lowest BCUT2D eigenvalue weighted by Crippen LogP contribution is -2.32. The molecule has 0 aliphatic carbocycles. The highest BCUT2D eigenvalue weighted by atomic mass is 32.1. The van der Waals surface area contributed by atoms with Gasteiger partial charge in [-0.1, -0.05) is 67.5 Å². The average molecular weight is 994 g/mol.